The number of carbonyl (C=O) groups is 2. The number of sulfone groups is 1. The first-order chi connectivity index (χ1) is 18.1. The number of fused-ring (bicyclic) bond motifs is 1. The van der Waals surface area contributed by atoms with E-state index in [2.05, 4.69) is 9.97 Å². The highest BCUT2D eigenvalue weighted by Crippen LogP contribution is 2.41. The Morgan fingerprint density at radius 2 is 1.92 bits per heavy atom. The molecule has 9 nitrogen and oxygen atoms in total. The number of benzene rings is 2. The minimum atomic E-state index is -3.33. The van der Waals surface area contributed by atoms with E-state index in [0.717, 1.165) is 34.0 Å². The molecule has 1 atom stereocenters. The van der Waals surface area contributed by atoms with Gasteiger partial charge in [-0.15, -0.1) is 0 Å². The first-order valence-electron chi connectivity index (χ1n) is 12.2. The fraction of sp³-hybridized carbons (Fsp3) is 0.250. The summed E-state index contributed by atoms with van der Waals surface area (Å²) in [6, 6.07) is 15.7. The van der Waals surface area contributed by atoms with Crippen molar-refractivity contribution in [1.29, 1.82) is 0 Å². The van der Waals surface area contributed by atoms with Gasteiger partial charge in [0.1, 0.15) is 11.5 Å². The smallest absolute Gasteiger partial charge is 0.303 e. The summed E-state index contributed by atoms with van der Waals surface area (Å²) in [4.78, 5) is 33.0. The van der Waals surface area contributed by atoms with Crippen LogP contribution in [0.3, 0.4) is 0 Å². The molecule has 3 heterocycles. The fourth-order valence-corrected chi connectivity index (χ4v) is 5.33. The molecule has 2 aromatic carbocycles. The van der Waals surface area contributed by atoms with Crippen molar-refractivity contribution >= 4 is 32.6 Å². The van der Waals surface area contributed by atoms with Gasteiger partial charge in [0, 0.05) is 48.8 Å². The molecule has 0 saturated carbocycles. The molecular formula is C28H27N3O6S. The number of rotatable bonds is 8. The Hall–Kier alpha value is -4.18. The van der Waals surface area contributed by atoms with Crippen LogP contribution in [0.15, 0.2) is 65.7 Å². The third-order valence-corrected chi connectivity index (χ3v) is 7.94. The van der Waals surface area contributed by atoms with Crippen LogP contribution in [0.1, 0.15) is 36.4 Å². The van der Waals surface area contributed by atoms with Crippen LogP contribution in [0.2, 0.25) is 0 Å². The van der Waals surface area contributed by atoms with Crippen LogP contribution in [0.5, 0.6) is 11.5 Å². The molecule has 1 amide bonds. The van der Waals surface area contributed by atoms with E-state index in [9.17, 15) is 18.0 Å². The molecule has 2 aromatic heterocycles. The second-order valence-corrected chi connectivity index (χ2v) is 11.5. The molecule has 1 fully saturated rings. The number of aromatic amines is 1. The maximum Gasteiger partial charge on any atom is 0.303 e. The van der Waals surface area contributed by atoms with Gasteiger partial charge in [0.2, 0.25) is 5.91 Å². The minimum absolute atomic E-state index is 0.0497. The Balaban J connectivity index is 1.51. The average Bonchev–Trinajstić information content (AvgIpc) is 3.44. The van der Waals surface area contributed by atoms with E-state index < -0.39 is 15.8 Å². The molecule has 2 N–H and O–H groups in total. The monoisotopic (exact) mass is 533 g/mol. The first-order valence-corrected chi connectivity index (χ1v) is 14.0. The van der Waals surface area contributed by atoms with Gasteiger partial charge in [0.15, 0.2) is 9.84 Å². The fourth-order valence-electron chi connectivity index (χ4n) is 4.70. The number of aliphatic carboxylic acids is 1. The van der Waals surface area contributed by atoms with Crippen LogP contribution < -0.4 is 4.74 Å². The molecule has 1 aliphatic rings. The molecule has 1 saturated heterocycles. The topological polar surface area (TPSA) is 130 Å². The highest BCUT2D eigenvalue weighted by atomic mass is 32.2. The Morgan fingerprint density at radius 3 is 2.53 bits per heavy atom. The van der Waals surface area contributed by atoms with Crippen molar-refractivity contribution in [2.75, 3.05) is 13.3 Å². The highest BCUT2D eigenvalue weighted by molar-refractivity contribution is 7.90. The van der Waals surface area contributed by atoms with E-state index in [1.807, 2.05) is 30.3 Å². The van der Waals surface area contributed by atoms with Crippen LogP contribution >= 0.6 is 0 Å². The molecular weight excluding hydrogens is 506 g/mol. The predicted octanol–water partition coefficient (Wildman–Crippen LogP) is 4.74. The quantitative estimate of drug-likeness (QED) is 0.335. The van der Waals surface area contributed by atoms with Crippen LogP contribution in [0.25, 0.3) is 22.3 Å². The van der Waals surface area contributed by atoms with E-state index in [0.29, 0.717) is 36.5 Å². The lowest BCUT2D eigenvalue weighted by Crippen LogP contribution is -2.22. The summed E-state index contributed by atoms with van der Waals surface area (Å²) in [5.41, 5.74) is 4.07. The molecule has 10 heteroatoms. The summed E-state index contributed by atoms with van der Waals surface area (Å²) in [7, 11) is -1.54. The number of hydrogen-bond acceptors (Lipinski definition) is 6. The van der Waals surface area contributed by atoms with Crippen molar-refractivity contribution in [1.82, 2.24) is 14.9 Å². The molecule has 38 heavy (non-hydrogen) atoms. The number of H-pyrrole nitrogens is 1. The summed E-state index contributed by atoms with van der Waals surface area (Å²) >= 11 is 0. The summed E-state index contributed by atoms with van der Waals surface area (Å²) in [6.45, 7) is 0. The van der Waals surface area contributed by atoms with Gasteiger partial charge < -0.3 is 19.7 Å². The average molecular weight is 534 g/mol. The third-order valence-electron chi connectivity index (χ3n) is 6.81. The van der Waals surface area contributed by atoms with E-state index >= 15 is 0 Å². The van der Waals surface area contributed by atoms with Gasteiger partial charge >= 0.3 is 5.97 Å². The SMILES string of the molecule is CN1C(=O)CCC1c1cc2[nH]c(-c3ccc(CCC(=O)O)cn3)cc2cc1Oc1ccc(S(C)(=O)=O)cc1. The van der Waals surface area contributed by atoms with Gasteiger partial charge in [-0.3, -0.25) is 14.6 Å². The summed E-state index contributed by atoms with van der Waals surface area (Å²) in [5.74, 6) is 0.287. The van der Waals surface area contributed by atoms with E-state index in [1.165, 1.54) is 12.1 Å². The van der Waals surface area contributed by atoms with Crippen molar-refractivity contribution in [2.24, 2.45) is 0 Å². The highest BCUT2D eigenvalue weighted by Gasteiger charge is 2.31. The number of aryl methyl sites for hydroxylation is 1. The predicted molar refractivity (Wildman–Crippen MR) is 142 cm³/mol. The summed E-state index contributed by atoms with van der Waals surface area (Å²) in [5, 5.41) is 9.78. The second kappa shape index (κ2) is 9.94. The number of carbonyl (C=O) groups excluding carboxylic acids is 1. The molecule has 0 spiro atoms. The van der Waals surface area contributed by atoms with Crippen molar-refractivity contribution < 1.29 is 27.9 Å². The maximum absolute atomic E-state index is 12.3. The number of carboxylic acid groups (broad SMARTS) is 1. The molecule has 1 unspecified atom stereocenters. The van der Waals surface area contributed by atoms with Crippen molar-refractivity contribution in [3.05, 3.63) is 71.9 Å². The lowest BCUT2D eigenvalue weighted by Gasteiger charge is -2.23. The van der Waals surface area contributed by atoms with Gasteiger partial charge in [0.05, 0.1) is 22.3 Å². The zero-order chi connectivity index (χ0) is 27.0. The number of nitrogens with zero attached hydrogens (tertiary/aromatic N) is 2. The number of hydrogen-bond donors (Lipinski definition) is 2. The number of pyridine rings is 1. The lowest BCUT2D eigenvalue weighted by atomic mass is 10.0. The Morgan fingerprint density at radius 1 is 1.16 bits per heavy atom. The van der Waals surface area contributed by atoms with Gasteiger partial charge in [-0.05, 0) is 66.9 Å². The largest absolute Gasteiger partial charge is 0.481 e. The van der Waals surface area contributed by atoms with Gasteiger partial charge in [-0.2, -0.15) is 0 Å². The molecule has 0 aliphatic carbocycles. The van der Waals surface area contributed by atoms with Gasteiger partial charge in [0.25, 0.3) is 0 Å². The molecule has 0 radical (unpaired) electrons. The molecule has 196 valence electrons. The van der Waals surface area contributed by atoms with Crippen LogP contribution in [-0.2, 0) is 25.8 Å². The van der Waals surface area contributed by atoms with E-state index in [4.69, 9.17) is 9.84 Å². The van der Waals surface area contributed by atoms with Crippen LogP contribution in [0.4, 0.5) is 0 Å². The van der Waals surface area contributed by atoms with E-state index in [1.54, 1.807) is 30.3 Å². The molecule has 1 aliphatic heterocycles. The zero-order valence-corrected chi connectivity index (χ0v) is 21.8. The number of nitrogens with one attached hydrogen (secondary N) is 1. The number of carboxylic acids is 1. The number of amides is 1. The van der Waals surface area contributed by atoms with Gasteiger partial charge in [-0.1, -0.05) is 6.07 Å². The molecule has 4 aromatic rings. The first kappa shape index (κ1) is 25.5. The summed E-state index contributed by atoms with van der Waals surface area (Å²) < 4.78 is 29.9. The minimum Gasteiger partial charge on any atom is -0.481 e. The Labute approximate surface area is 220 Å². The number of ether oxygens (including phenoxy) is 1. The molecule has 5 rings (SSSR count). The van der Waals surface area contributed by atoms with Gasteiger partial charge in [-0.25, -0.2) is 8.42 Å². The zero-order valence-electron chi connectivity index (χ0n) is 21.0. The third kappa shape index (κ3) is 5.26. The van der Waals surface area contributed by atoms with E-state index in [-0.39, 0.29) is 23.3 Å². The summed E-state index contributed by atoms with van der Waals surface area (Å²) in [6.07, 6.45) is 4.42. The number of aromatic nitrogens is 2. The normalized spacial score (nSPS) is 15.8. The second-order valence-electron chi connectivity index (χ2n) is 9.51. The van der Waals surface area contributed by atoms with Crippen LogP contribution in [-0.4, -0.2) is 53.6 Å². The number of likely N-dealkylation sites (tertiary alicyclic amines) is 1. The van der Waals surface area contributed by atoms with Crippen molar-refractivity contribution in [3.8, 4) is 22.9 Å². The maximum atomic E-state index is 12.3. The Kier molecular flexibility index (Phi) is 6.66. The standard InChI is InChI=1S/C28H27N3O6S/c1-31-25(10-11-27(31)32)21-15-23-18(14-26(21)37-19-5-7-20(8-6-19)38(2,35)36)13-24(30-23)22-9-3-17(16-29-22)4-12-28(33)34/h3,5-9,13-16,25,30H,4,10-12H2,1-2H3,(H,33,34). The van der Waals surface area contributed by atoms with Crippen molar-refractivity contribution in [3.63, 3.8) is 0 Å². The Bertz CT molecular complexity index is 1630. The van der Waals surface area contributed by atoms with Crippen LogP contribution in [0, 0.1) is 0 Å². The lowest BCUT2D eigenvalue weighted by molar-refractivity contribution is -0.137. The van der Waals surface area contributed by atoms with Crippen molar-refractivity contribution in [2.45, 2.75) is 36.6 Å². The molecule has 0 bridgehead atoms.